The first-order chi connectivity index (χ1) is 16.6. The molecule has 188 valence electrons. The summed E-state index contributed by atoms with van der Waals surface area (Å²) in [6.07, 6.45) is 0.446. The van der Waals surface area contributed by atoms with Crippen molar-refractivity contribution >= 4 is 0 Å². The highest BCUT2D eigenvalue weighted by molar-refractivity contribution is 5.71. The lowest BCUT2D eigenvalue weighted by atomic mass is 9.74. The van der Waals surface area contributed by atoms with Gasteiger partial charge >= 0.3 is 0 Å². The van der Waals surface area contributed by atoms with Crippen molar-refractivity contribution in [3.8, 4) is 16.9 Å². The van der Waals surface area contributed by atoms with Crippen molar-refractivity contribution in [1.82, 2.24) is 0 Å². The molecule has 2 aliphatic rings. The molecule has 0 amide bonds. The van der Waals surface area contributed by atoms with Crippen molar-refractivity contribution in [3.63, 3.8) is 0 Å². The Morgan fingerprint density at radius 1 is 0.943 bits per heavy atom. The second kappa shape index (κ2) is 9.70. The van der Waals surface area contributed by atoms with Crippen LogP contribution in [0.4, 0.5) is 30.7 Å². The zero-order valence-electron chi connectivity index (χ0n) is 19.3. The molecule has 1 nitrogen and oxygen atoms in total. The van der Waals surface area contributed by atoms with Gasteiger partial charge in [0.1, 0.15) is 11.6 Å². The molecule has 0 aromatic heterocycles. The first-order valence-electron chi connectivity index (χ1n) is 11.6. The van der Waals surface area contributed by atoms with Gasteiger partial charge in [0.05, 0.1) is 0 Å². The predicted octanol–water partition coefficient (Wildman–Crippen LogP) is 8.85. The number of rotatable bonds is 5. The second-order valence-electron chi connectivity index (χ2n) is 9.32. The Morgan fingerprint density at radius 2 is 1.54 bits per heavy atom. The van der Waals surface area contributed by atoms with E-state index in [1.54, 1.807) is 0 Å². The van der Waals surface area contributed by atoms with E-state index in [2.05, 4.69) is 0 Å². The normalized spacial score (nSPS) is 27.4. The quantitative estimate of drug-likeness (QED) is 0.296. The Hall–Kier alpha value is -2.77. The maximum atomic E-state index is 15.4. The van der Waals surface area contributed by atoms with Gasteiger partial charge in [-0.05, 0) is 68.2 Å². The minimum atomic E-state index is -3.30. The zero-order chi connectivity index (χ0) is 25.5. The second-order valence-corrected chi connectivity index (χ2v) is 9.32. The third-order valence-electron chi connectivity index (χ3n) is 7.06. The molecule has 8 heteroatoms. The van der Waals surface area contributed by atoms with Crippen molar-refractivity contribution in [1.29, 1.82) is 0 Å². The summed E-state index contributed by atoms with van der Waals surface area (Å²) in [5.74, 6) is -8.68. The molecule has 2 aliphatic carbocycles. The van der Waals surface area contributed by atoms with Crippen LogP contribution in [-0.2, 0) is 0 Å². The minimum Gasteiger partial charge on any atom is -0.453 e. The molecule has 1 saturated carbocycles. The summed E-state index contributed by atoms with van der Waals surface area (Å²) in [5, 5.41) is 0. The highest BCUT2D eigenvalue weighted by atomic mass is 19.2. The van der Waals surface area contributed by atoms with Gasteiger partial charge in [-0.3, -0.25) is 0 Å². The molecule has 0 spiro atoms. The molecule has 4 rings (SSSR count). The van der Waals surface area contributed by atoms with Crippen LogP contribution in [0, 0.1) is 29.3 Å². The van der Waals surface area contributed by atoms with Crippen molar-refractivity contribution in [2.24, 2.45) is 11.8 Å². The average Bonchev–Trinajstić information content (AvgIpc) is 2.85. The first-order valence-corrected chi connectivity index (χ1v) is 11.6. The maximum absolute atomic E-state index is 15.4. The van der Waals surface area contributed by atoms with Gasteiger partial charge in [0.25, 0.3) is 0 Å². The topological polar surface area (TPSA) is 9.23 Å². The van der Waals surface area contributed by atoms with Gasteiger partial charge in [-0.2, -0.15) is 0 Å². The van der Waals surface area contributed by atoms with Gasteiger partial charge in [0.15, 0.2) is 40.9 Å². The summed E-state index contributed by atoms with van der Waals surface area (Å²) < 4.78 is 107. The molecule has 0 saturated heterocycles. The fraction of sp³-hybridized carbons (Fsp3) is 0.407. The van der Waals surface area contributed by atoms with Crippen LogP contribution in [0.5, 0.6) is 5.75 Å². The number of halogens is 7. The van der Waals surface area contributed by atoms with Gasteiger partial charge < -0.3 is 4.74 Å². The van der Waals surface area contributed by atoms with Crippen molar-refractivity contribution < 1.29 is 35.5 Å². The fourth-order valence-corrected chi connectivity index (χ4v) is 4.89. The van der Waals surface area contributed by atoms with Crippen LogP contribution in [-0.4, -0.2) is 11.8 Å². The highest BCUT2D eigenvalue weighted by Gasteiger charge is 2.51. The molecule has 35 heavy (non-hydrogen) atoms. The van der Waals surface area contributed by atoms with E-state index in [9.17, 15) is 22.0 Å². The van der Waals surface area contributed by atoms with Crippen LogP contribution in [0.3, 0.4) is 0 Å². The lowest BCUT2D eigenvalue weighted by Gasteiger charge is -2.36. The van der Waals surface area contributed by atoms with E-state index < -0.39 is 52.6 Å². The third kappa shape index (κ3) is 4.59. The summed E-state index contributed by atoms with van der Waals surface area (Å²) in [6.45, 7) is 2.63. The van der Waals surface area contributed by atoms with Crippen LogP contribution in [0.15, 0.2) is 59.4 Å². The number of hydrogen-bond acceptors (Lipinski definition) is 1. The smallest absolute Gasteiger partial charge is 0.200 e. The van der Waals surface area contributed by atoms with Crippen molar-refractivity contribution in [3.05, 3.63) is 76.8 Å². The SMILES string of the molecule is CCC1CCC(C2=C(F)[C@H](F)[C@](C)(F)C(F)=C2Oc2ccccc2-c2cc(F)c(F)c(F)c2)CC1. The highest BCUT2D eigenvalue weighted by Crippen LogP contribution is 2.49. The number of benzene rings is 2. The average molecular weight is 498 g/mol. The first kappa shape index (κ1) is 25.3. The van der Waals surface area contributed by atoms with Crippen LogP contribution in [0.25, 0.3) is 11.1 Å². The van der Waals surface area contributed by atoms with Gasteiger partial charge in [0.2, 0.25) is 0 Å². The Morgan fingerprint density at radius 3 is 2.14 bits per heavy atom. The Labute approximate surface area is 199 Å². The molecular weight excluding hydrogens is 473 g/mol. The van der Waals surface area contributed by atoms with Gasteiger partial charge in [-0.15, -0.1) is 0 Å². The van der Waals surface area contributed by atoms with Gasteiger partial charge in [0, 0.05) is 11.1 Å². The van der Waals surface area contributed by atoms with E-state index in [4.69, 9.17) is 4.74 Å². The Kier molecular flexibility index (Phi) is 7.02. The molecule has 2 aromatic carbocycles. The number of allylic oxidation sites excluding steroid dienone is 3. The fourth-order valence-electron chi connectivity index (χ4n) is 4.89. The number of para-hydroxylation sites is 1. The molecule has 2 aromatic rings. The van der Waals surface area contributed by atoms with Crippen LogP contribution < -0.4 is 4.74 Å². The van der Waals surface area contributed by atoms with E-state index in [0.29, 0.717) is 25.7 Å². The van der Waals surface area contributed by atoms with Gasteiger partial charge in [-0.1, -0.05) is 31.5 Å². The Balaban J connectivity index is 1.79. The maximum Gasteiger partial charge on any atom is 0.200 e. The van der Waals surface area contributed by atoms with E-state index in [1.807, 2.05) is 6.92 Å². The summed E-state index contributed by atoms with van der Waals surface area (Å²) in [7, 11) is 0. The summed E-state index contributed by atoms with van der Waals surface area (Å²) in [5.41, 5.74) is -3.75. The molecule has 2 atom stereocenters. The standard InChI is InChI=1S/C27H25F7O/c1-3-14-8-10-15(11-9-14)21-23(31)25(32)27(2,34)26(33)24(21)35-20-7-5-4-6-17(20)16-12-18(28)22(30)19(29)13-16/h4-7,12-15,25H,3,8-11H2,1-2H3/t14?,15?,25-,27-/m0/s1. The predicted molar refractivity (Wildman–Crippen MR) is 119 cm³/mol. The minimum absolute atomic E-state index is 0.0305. The number of hydrogen-bond donors (Lipinski definition) is 0. The Bertz CT molecular complexity index is 1150. The lowest BCUT2D eigenvalue weighted by Crippen LogP contribution is -2.39. The molecule has 0 heterocycles. The molecule has 1 fully saturated rings. The molecule has 0 unspecified atom stereocenters. The molecule has 0 radical (unpaired) electrons. The summed E-state index contributed by atoms with van der Waals surface area (Å²) in [4.78, 5) is 0. The van der Waals surface area contributed by atoms with Crippen LogP contribution in [0.2, 0.25) is 0 Å². The molecule has 0 aliphatic heterocycles. The number of ether oxygens (including phenoxy) is 1. The molecule has 0 bridgehead atoms. The van der Waals surface area contributed by atoms with E-state index >= 15 is 8.78 Å². The zero-order valence-corrected chi connectivity index (χ0v) is 19.3. The van der Waals surface area contributed by atoms with Crippen molar-refractivity contribution in [2.75, 3.05) is 0 Å². The third-order valence-corrected chi connectivity index (χ3v) is 7.06. The summed E-state index contributed by atoms with van der Waals surface area (Å²) in [6, 6.07) is 7.11. The number of alkyl halides is 2. The monoisotopic (exact) mass is 498 g/mol. The largest absolute Gasteiger partial charge is 0.453 e. The van der Waals surface area contributed by atoms with Crippen LogP contribution in [0.1, 0.15) is 46.0 Å². The molecular formula is C27H25F7O. The van der Waals surface area contributed by atoms with E-state index in [1.165, 1.54) is 24.3 Å². The molecule has 0 N–H and O–H groups in total. The van der Waals surface area contributed by atoms with Gasteiger partial charge in [-0.25, -0.2) is 30.7 Å². The van der Waals surface area contributed by atoms with E-state index in [-0.39, 0.29) is 22.4 Å². The van der Waals surface area contributed by atoms with Crippen molar-refractivity contribution in [2.45, 2.75) is 57.8 Å². The van der Waals surface area contributed by atoms with E-state index in [0.717, 1.165) is 31.4 Å². The summed E-state index contributed by atoms with van der Waals surface area (Å²) >= 11 is 0. The van der Waals surface area contributed by atoms with Crippen LogP contribution >= 0.6 is 0 Å². The lowest BCUT2D eigenvalue weighted by molar-refractivity contribution is 0.0709.